The van der Waals surface area contributed by atoms with Gasteiger partial charge in [-0.2, -0.15) is 0 Å². The number of hydrogen-bond donors (Lipinski definition) is 1. The molecule has 0 aliphatic carbocycles. The Labute approximate surface area is 163 Å². The zero-order valence-corrected chi connectivity index (χ0v) is 16.1. The van der Waals surface area contributed by atoms with Gasteiger partial charge in [-0.15, -0.1) is 0 Å². The monoisotopic (exact) mass is 389 g/mol. The van der Waals surface area contributed by atoms with Crippen molar-refractivity contribution in [2.45, 2.75) is 39.3 Å². The first-order valence-corrected chi connectivity index (χ1v) is 9.51. The highest BCUT2D eigenvalue weighted by molar-refractivity contribution is 5.80. The fourth-order valence-electron chi connectivity index (χ4n) is 3.09. The molecule has 28 heavy (non-hydrogen) atoms. The molecule has 1 aliphatic rings. The molecule has 1 atom stereocenters. The minimum atomic E-state index is -1.01. The average molecular weight is 389 g/mol. The lowest BCUT2D eigenvalue weighted by atomic mass is 9.99. The Morgan fingerprint density at radius 1 is 1.25 bits per heavy atom. The highest BCUT2D eigenvalue weighted by Gasteiger charge is 2.18. The van der Waals surface area contributed by atoms with Crippen LogP contribution in [0.25, 0.3) is 0 Å². The quantitative estimate of drug-likeness (QED) is 0.819. The van der Waals surface area contributed by atoms with Crippen LogP contribution in [0, 0.1) is 17.6 Å². The molecule has 2 aromatic rings. The van der Waals surface area contributed by atoms with Crippen molar-refractivity contribution in [3.05, 3.63) is 53.7 Å². The Kier molecular flexibility index (Phi) is 6.44. The summed E-state index contributed by atoms with van der Waals surface area (Å²) in [5, 5.41) is 2.76. The predicted molar refractivity (Wildman–Crippen MR) is 103 cm³/mol. The predicted octanol–water partition coefficient (Wildman–Crippen LogP) is 3.68. The van der Waals surface area contributed by atoms with Gasteiger partial charge in [-0.1, -0.05) is 13.0 Å². The Morgan fingerprint density at radius 2 is 2.00 bits per heavy atom. The number of pyridine rings is 1. The molecule has 7 heteroatoms. The van der Waals surface area contributed by atoms with Crippen LogP contribution in [0.3, 0.4) is 0 Å². The van der Waals surface area contributed by atoms with Gasteiger partial charge >= 0.3 is 0 Å². The van der Waals surface area contributed by atoms with E-state index in [-0.39, 0.29) is 11.7 Å². The molecule has 5 nitrogen and oxygen atoms in total. The molecule has 0 radical (unpaired) electrons. The molecule has 0 saturated carbocycles. The van der Waals surface area contributed by atoms with Gasteiger partial charge in [0.25, 0.3) is 5.91 Å². The van der Waals surface area contributed by atoms with Crippen LogP contribution in [0.5, 0.6) is 5.75 Å². The van der Waals surface area contributed by atoms with Gasteiger partial charge in [0, 0.05) is 31.9 Å². The molecular weight excluding hydrogens is 364 g/mol. The summed E-state index contributed by atoms with van der Waals surface area (Å²) in [6.45, 7) is 6.17. The second-order valence-corrected chi connectivity index (χ2v) is 7.25. The van der Waals surface area contributed by atoms with Crippen molar-refractivity contribution in [2.24, 2.45) is 5.92 Å². The van der Waals surface area contributed by atoms with Crippen molar-refractivity contribution in [3.8, 4) is 5.75 Å². The van der Waals surface area contributed by atoms with E-state index in [1.807, 2.05) is 12.1 Å². The van der Waals surface area contributed by atoms with E-state index in [1.165, 1.54) is 18.9 Å². The number of anilines is 1. The molecule has 2 heterocycles. The number of nitrogens with one attached hydrogen (secondary N) is 1. The number of nitrogens with zero attached hydrogens (tertiary/aromatic N) is 2. The molecule has 1 N–H and O–H groups in total. The van der Waals surface area contributed by atoms with Crippen molar-refractivity contribution in [3.63, 3.8) is 0 Å². The third kappa shape index (κ3) is 5.18. The number of amides is 1. The molecular formula is C21H25F2N3O2. The summed E-state index contributed by atoms with van der Waals surface area (Å²) < 4.78 is 31.5. The minimum absolute atomic E-state index is 0.100. The van der Waals surface area contributed by atoms with E-state index in [0.29, 0.717) is 6.54 Å². The standard InChI is InChI=1S/C21H25F2N3O2/c1-14-7-9-26(10-8-14)20-6-3-16(12-24-20)13-25-21(27)15(2)28-17-4-5-18(22)19(23)11-17/h3-6,11-12,14-15H,7-10,13H2,1-2H3,(H,25,27). The number of carbonyl (C=O) groups is 1. The zero-order chi connectivity index (χ0) is 20.1. The van der Waals surface area contributed by atoms with E-state index >= 15 is 0 Å². The Hall–Kier alpha value is -2.70. The average Bonchev–Trinajstić information content (AvgIpc) is 2.70. The van der Waals surface area contributed by atoms with Crippen molar-refractivity contribution in [2.75, 3.05) is 18.0 Å². The number of benzene rings is 1. The number of aromatic nitrogens is 1. The van der Waals surface area contributed by atoms with Crippen molar-refractivity contribution >= 4 is 11.7 Å². The second-order valence-electron chi connectivity index (χ2n) is 7.25. The summed E-state index contributed by atoms with van der Waals surface area (Å²) in [5.74, 6) is -0.500. The topological polar surface area (TPSA) is 54.5 Å². The number of rotatable bonds is 6. The Bertz CT molecular complexity index is 806. The maximum atomic E-state index is 13.2. The first-order chi connectivity index (χ1) is 13.4. The highest BCUT2D eigenvalue weighted by atomic mass is 19.2. The van der Waals surface area contributed by atoms with Crippen molar-refractivity contribution < 1.29 is 18.3 Å². The molecule has 0 bridgehead atoms. The summed E-state index contributed by atoms with van der Waals surface area (Å²) in [4.78, 5) is 19.0. The van der Waals surface area contributed by atoms with Gasteiger partial charge in [0.2, 0.25) is 0 Å². The van der Waals surface area contributed by atoms with Crippen LogP contribution < -0.4 is 15.0 Å². The van der Waals surface area contributed by atoms with Gasteiger partial charge in [-0.3, -0.25) is 4.79 Å². The van der Waals surface area contributed by atoms with Crippen LogP contribution in [0.1, 0.15) is 32.3 Å². The van der Waals surface area contributed by atoms with Crippen LogP contribution in [0.2, 0.25) is 0 Å². The Balaban J connectivity index is 1.49. The van der Waals surface area contributed by atoms with Gasteiger partial charge < -0.3 is 15.0 Å². The van der Waals surface area contributed by atoms with Crippen LogP contribution in [-0.2, 0) is 11.3 Å². The maximum absolute atomic E-state index is 13.2. The number of halogens is 2. The van der Waals surface area contributed by atoms with Gasteiger partial charge in [0.1, 0.15) is 11.6 Å². The third-order valence-electron chi connectivity index (χ3n) is 4.96. The fraction of sp³-hybridized carbons (Fsp3) is 0.429. The molecule has 1 aromatic carbocycles. The molecule has 1 amide bonds. The Morgan fingerprint density at radius 3 is 2.64 bits per heavy atom. The van der Waals surface area contributed by atoms with E-state index < -0.39 is 17.7 Å². The normalized spacial score (nSPS) is 15.9. The molecule has 1 aliphatic heterocycles. The summed E-state index contributed by atoms with van der Waals surface area (Å²) in [6, 6.07) is 7.08. The maximum Gasteiger partial charge on any atom is 0.261 e. The number of ether oxygens (including phenoxy) is 1. The van der Waals surface area contributed by atoms with Gasteiger partial charge in [-0.25, -0.2) is 13.8 Å². The second kappa shape index (κ2) is 8.99. The highest BCUT2D eigenvalue weighted by Crippen LogP contribution is 2.21. The van der Waals surface area contributed by atoms with E-state index in [9.17, 15) is 13.6 Å². The minimum Gasteiger partial charge on any atom is -0.481 e. The largest absolute Gasteiger partial charge is 0.481 e. The first kappa shape index (κ1) is 20.0. The van der Waals surface area contributed by atoms with E-state index in [0.717, 1.165) is 42.5 Å². The molecule has 1 unspecified atom stereocenters. The lowest BCUT2D eigenvalue weighted by Crippen LogP contribution is -2.36. The lowest BCUT2D eigenvalue weighted by molar-refractivity contribution is -0.127. The van der Waals surface area contributed by atoms with E-state index in [2.05, 4.69) is 22.1 Å². The molecule has 1 saturated heterocycles. The summed E-state index contributed by atoms with van der Waals surface area (Å²) in [7, 11) is 0. The van der Waals surface area contributed by atoms with Crippen molar-refractivity contribution in [1.82, 2.24) is 10.3 Å². The van der Waals surface area contributed by atoms with Crippen LogP contribution in [-0.4, -0.2) is 30.1 Å². The van der Waals surface area contributed by atoms with Crippen LogP contribution in [0.15, 0.2) is 36.5 Å². The van der Waals surface area contributed by atoms with Crippen LogP contribution >= 0.6 is 0 Å². The first-order valence-electron chi connectivity index (χ1n) is 9.51. The summed E-state index contributed by atoms with van der Waals surface area (Å²) in [6.07, 6.45) is 3.27. The summed E-state index contributed by atoms with van der Waals surface area (Å²) in [5.41, 5.74) is 0.877. The van der Waals surface area contributed by atoms with Crippen LogP contribution in [0.4, 0.5) is 14.6 Å². The molecule has 3 rings (SSSR count). The summed E-state index contributed by atoms with van der Waals surface area (Å²) >= 11 is 0. The molecule has 150 valence electrons. The molecule has 1 fully saturated rings. The SMILES string of the molecule is CC1CCN(c2ccc(CNC(=O)C(C)Oc3ccc(F)c(F)c3)cn2)CC1. The zero-order valence-electron chi connectivity index (χ0n) is 16.1. The number of carbonyl (C=O) groups excluding carboxylic acids is 1. The molecule has 1 aromatic heterocycles. The number of hydrogen-bond acceptors (Lipinski definition) is 4. The van der Waals surface area contributed by atoms with Crippen molar-refractivity contribution in [1.29, 1.82) is 0 Å². The fourth-order valence-corrected chi connectivity index (χ4v) is 3.09. The lowest BCUT2D eigenvalue weighted by Gasteiger charge is -2.31. The smallest absolute Gasteiger partial charge is 0.261 e. The van der Waals surface area contributed by atoms with E-state index in [4.69, 9.17) is 4.74 Å². The van der Waals surface area contributed by atoms with Gasteiger partial charge in [-0.05, 0) is 49.4 Å². The van der Waals surface area contributed by atoms with E-state index in [1.54, 1.807) is 13.1 Å². The van der Waals surface area contributed by atoms with Gasteiger partial charge in [0.15, 0.2) is 17.7 Å². The molecule has 0 spiro atoms. The number of piperidine rings is 1. The third-order valence-corrected chi connectivity index (χ3v) is 4.96. The van der Waals surface area contributed by atoms with Gasteiger partial charge in [0.05, 0.1) is 0 Å².